The smallest absolute Gasteiger partial charge is 0.462 e. The van der Waals surface area contributed by atoms with E-state index in [2.05, 4.69) is 48.5 Å². The second-order valence-corrected chi connectivity index (χ2v) is 29.3. The molecule has 0 aliphatic rings. The van der Waals surface area contributed by atoms with Crippen LogP contribution in [0.25, 0.3) is 0 Å². The molecule has 0 radical (unpaired) electrons. The highest BCUT2D eigenvalue weighted by Crippen LogP contribution is 2.45. The molecule has 522 valence electrons. The van der Waals surface area contributed by atoms with Gasteiger partial charge >= 0.3 is 39.5 Å². The number of carbonyl (C=O) groups is 4. The lowest BCUT2D eigenvalue weighted by Gasteiger charge is -2.21. The number of ether oxygens (including phenoxy) is 4. The molecule has 0 aromatic heterocycles. The second kappa shape index (κ2) is 60.0. The highest BCUT2D eigenvalue weighted by atomic mass is 31.2. The average molecular weight is 1300 g/mol. The van der Waals surface area contributed by atoms with Gasteiger partial charge in [-0.25, -0.2) is 9.13 Å². The minimum absolute atomic E-state index is 0.101. The number of phosphoric ester groups is 2. The Morgan fingerprint density at radius 1 is 0.307 bits per heavy atom. The Morgan fingerprint density at radius 2 is 0.523 bits per heavy atom. The Labute approximate surface area is 537 Å². The largest absolute Gasteiger partial charge is 0.472 e. The molecule has 0 bridgehead atoms. The molecule has 0 aliphatic heterocycles. The van der Waals surface area contributed by atoms with Crippen molar-refractivity contribution >= 4 is 39.5 Å². The van der Waals surface area contributed by atoms with Crippen LogP contribution < -0.4 is 0 Å². The molecule has 0 spiro atoms. The maximum atomic E-state index is 13.0. The number of aliphatic hydroxyl groups is 1. The summed E-state index contributed by atoms with van der Waals surface area (Å²) in [6, 6.07) is 0. The van der Waals surface area contributed by atoms with Gasteiger partial charge in [0.15, 0.2) is 12.2 Å². The van der Waals surface area contributed by atoms with Gasteiger partial charge in [-0.2, -0.15) is 0 Å². The topological polar surface area (TPSA) is 237 Å². The van der Waals surface area contributed by atoms with E-state index in [1.54, 1.807) is 0 Å². The molecule has 5 atom stereocenters. The van der Waals surface area contributed by atoms with Crippen molar-refractivity contribution in [1.82, 2.24) is 0 Å². The van der Waals surface area contributed by atoms with E-state index in [9.17, 15) is 43.2 Å². The maximum absolute atomic E-state index is 13.0. The van der Waals surface area contributed by atoms with Crippen molar-refractivity contribution in [2.45, 2.75) is 362 Å². The number of aliphatic hydroxyl groups excluding tert-OH is 1. The SMILES string of the molecule is CCCCCCCCCCCCCCCCCC(=O)OC[C@H](COP(=O)(O)OC[C@@H](O)COP(=O)(O)OC[C@@H](COC(=O)CCCCCCCCC(C)C)OC(=O)CCCCCCCCC(C)C)OC(=O)CCCCCCCCCCCCCCC(C)C. The van der Waals surface area contributed by atoms with E-state index >= 15 is 0 Å². The second-order valence-electron chi connectivity index (χ2n) is 26.3. The zero-order valence-electron chi connectivity index (χ0n) is 57.2. The van der Waals surface area contributed by atoms with E-state index in [0.717, 1.165) is 102 Å². The van der Waals surface area contributed by atoms with Gasteiger partial charge in [0.25, 0.3) is 0 Å². The molecule has 0 rings (SSSR count). The zero-order chi connectivity index (χ0) is 65.2. The number of unbranched alkanes of at least 4 members (excludes halogenated alkanes) is 35. The molecule has 0 aromatic rings. The van der Waals surface area contributed by atoms with Gasteiger partial charge in [-0.05, 0) is 43.4 Å². The van der Waals surface area contributed by atoms with Gasteiger partial charge in [0, 0.05) is 25.7 Å². The number of hydrogen-bond donors (Lipinski definition) is 3. The fourth-order valence-electron chi connectivity index (χ4n) is 10.4. The van der Waals surface area contributed by atoms with Crippen LogP contribution in [-0.2, 0) is 65.4 Å². The summed E-state index contributed by atoms with van der Waals surface area (Å²) >= 11 is 0. The minimum atomic E-state index is -4.95. The van der Waals surface area contributed by atoms with Gasteiger partial charge in [-0.15, -0.1) is 0 Å². The van der Waals surface area contributed by atoms with Crippen LogP contribution in [0.4, 0.5) is 0 Å². The van der Waals surface area contributed by atoms with Crippen molar-refractivity contribution < 1.29 is 80.2 Å². The number of carbonyl (C=O) groups excluding carboxylic acids is 4. The van der Waals surface area contributed by atoms with Gasteiger partial charge in [0.2, 0.25) is 0 Å². The summed E-state index contributed by atoms with van der Waals surface area (Å²) in [7, 11) is -9.90. The lowest BCUT2D eigenvalue weighted by Crippen LogP contribution is -2.30. The molecule has 0 saturated carbocycles. The Balaban J connectivity index is 5.22. The molecule has 19 heteroatoms. The van der Waals surface area contributed by atoms with Crippen LogP contribution in [0.1, 0.15) is 344 Å². The van der Waals surface area contributed by atoms with Crippen molar-refractivity contribution in [2.24, 2.45) is 17.8 Å². The third-order valence-corrected chi connectivity index (χ3v) is 17.8. The van der Waals surface area contributed by atoms with Gasteiger partial charge < -0.3 is 33.8 Å². The fraction of sp³-hybridized carbons (Fsp3) is 0.942. The maximum Gasteiger partial charge on any atom is 0.472 e. The molecule has 88 heavy (non-hydrogen) atoms. The third kappa shape index (κ3) is 62.8. The van der Waals surface area contributed by atoms with Crippen molar-refractivity contribution in [1.29, 1.82) is 0 Å². The summed E-state index contributed by atoms with van der Waals surface area (Å²) in [4.78, 5) is 72.4. The lowest BCUT2D eigenvalue weighted by molar-refractivity contribution is -0.161. The first kappa shape index (κ1) is 86.1. The number of hydrogen-bond acceptors (Lipinski definition) is 15. The first-order valence-corrected chi connectivity index (χ1v) is 38.8. The minimum Gasteiger partial charge on any atom is -0.462 e. The van der Waals surface area contributed by atoms with Crippen molar-refractivity contribution in [2.75, 3.05) is 39.6 Å². The molecule has 0 aliphatic carbocycles. The molecular formula is C69H134O17P2. The van der Waals surface area contributed by atoms with Crippen LogP contribution in [-0.4, -0.2) is 96.7 Å². The van der Waals surface area contributed by atoms with Crippen molar-refractivity contribution in [3.63, 3.8) is 0 Å². The Hall–Kier alpha value is -1.94. The Bertz CT molecular complexity index is 1730. The van der Waals surface area contributed by atoms with E-state index < -0.39 is 97.5 Å². The summed E-state index contributed by atoms with van der Waals surface area (Å²) in [6.45, 7) is 11.7. The summed E-state index contributed by atoms with van der Waals surface area (Å²) in [5, 5.41) is 10.6. The van der Waals surface area contributed by atoms with Crippen molar-refractivity contribution in [3.05, 3.63) is 0 Å². The molecule has 0 fully saturated rings. The zero-order valence-corrected chi connectivity index (χ0v) is 59.0. The normalized spacial score (nSPS) is 14.2. The third-order valence-electron chi connectivity index (χ3n) is 15.9. The predicted molar refractivity (Wildman–Crippen MR) is 354 cm³/mol. The number of esters is 4. The predicted octanol–water partition coefficient (Wildman–Crippen LogP) is 19.5. The van der Waals surface area contributed by atoms with Gasteiger partial charge in [-0.3, -0.25) is 37.3 Å². The highest BCUT2D eigenvalue weighted by Gasteiger charge is 2.30. The summed E-state index contributed by atoms with van der Waals surface area (Å²) in [6.07, 6.45) is 43.4. The molecule has 0 aromatic carbocycles. The van der Waals surface area contributed by atoms with Crippen LogP contribution in [0.5, 0.6) is 0 Å². The van der Waals surface area contributed by atoms with Gasteiger partial charge in [-0.1, -0.05) is 292 Å². The molecule has 0 heterocycles. The fourth-order valence-corrected chi connectivity index (χ4v) is 11.9. The van der Waals surface area contributed by atoms with Crippen LogP contribution in [0.15, 0.2) is 0 Å². The monoisotopic (exact) mass is 1300 g/mol. The number of phosphoric acid groups is 2. The van der Waals surface area contributed by atoms with E-state index in [-0.39, 0.29) is 25.7 Å². The standard InChI is InChI=1S/C69H134O17P2/c1-8-9-10-11-12-13-14-15-16-17-21-24-27-36-43-50-66(71)79-56-64(85-68(73)52-45-38-28-25-22-19-18-20-23-26-33-40-47-60(2)3)58-83-87(75,76)81-54-63(70)55-82-88(77,78)84-59-65(86-69(74)53-46-39-32-30-35-42-49-62(6)7)57-80-67(72)51-44-37-31-29-34-41-48-61(4)5/h60-65,70H,8-59H2,1-7H3,(H,75,76)(H,77,78)/t63-,64-,65-/m1/s1. The summed E-state index contributed by atoms with van der Waals surface area (Å²) in [5.41, 5.74) is 0. The van der Waals surface area contributed by atoms with Gasteiger partial charge in [0.1, 0.15) is 19.3 Å². The first-order valence-electron chi connectivity index (χ1n) is 35.8. The molecule has 3 N–H and O–H groups in total. The lowest BCUT2D eigenvalue weighted by atomic mass is 10.0. The van der Waals surface area contributed by atoms with E-state index in [1.165, 1.54) is 148 Å². The summed E-state index contributed by atoms with van der Waals surface area (Å²) < 4.78 is 68.2. The molecular weight excluding hydrogens is 1160 g/mol. The van der Waals surface area contributed by atoms with Crippen LogP contribution in [0.3, 0.4) is 0 Å². The van der Waals surface area contributed by atoms with E-state index in [4.69, 9.17) is 37.0 Å². The van der Waals surface area contributed by atoms with E-state index in [1.807, 2.05) is 0 Å². The average Bonchev–Trinajstić information content (AvgIpc) is 3.58. The van der Waals surface area contributed by atoms with Crippen LogP contribution in [0.2, 0.25) is 0 Å². The highest BCUT2D eigenvalue weighted by molar-refractivity contribution is 7.47. The quantitative estimate of drug-likeness (QED) is 0.0222. The van der Waals surface area contributed by atoms with Crippen LogP contribution in [0, 0.1) is 17.8 Å². The first-order chi connectivity index (χ1) is 42.2. The van der Waals surface area contributed by atoms with Crippen molar-refractivity contribution in [3.8, 4) is 0 Å². The Morgan fingerprint density at radius 3 is 0.773 bits per heavy atom. The molecule has 17 nitrogen and oxygen atoms in total. The Kier molecular flexibility index (Phi) is 58.7. The molecule has 0 saturated heterocycles. The molecule has 0 amide bonds. The van der Waals surface area contributed by atoms with E-state index in [0.29, 0.717) is 37.5 Å². The van der Waals surface area contributed by atoms with Crippen LogP contribution >= 0.6 is 15.6 Å². The summed E-state index contributed by atoms with van der Waals surface area (Å²) in [5.74, 6) is -0.00780. The molecule has 2 unspecified atom stereocenters. The van der Waals surface area contributed by atoms with Gasteiger partial charge in [0.05, 0.1) is 26.4 Å². The number of rotatable bonds is 67.